The first-order valence-electron chi connectivity index (χ1n) is 3.96. The van der Waals surface area contributed by atoms with E-state index in [-0.39, 0.29) is 4.90 Å². The molecule has 0 aromatic heterocycles. The number of rotatable bonds is 2. The molecule has 0 radical (unpaired) electrons. The number of sulfonamides is 1. The number of nitrogens with one attached hydrogen (secondary N) is 2. The van der Waals surface area contributed by atoms with Crippen LogP contribution in [0.5, 0.6) is 0 Å². The summed E-state index contributed by atoms with van der Waals surface area (Å²) < 4.78 is 25.7. The van der Waals surface area contributed by atoms with E-state index < -0.39 is 16.1 Å². The molecule has 1 aromatic rings. The second-order valence-electron chi connectivity index (χ2n) is 2.64. The topological polar surface area (TPSA) is 75.3 Å². The number of amides is 2. The minimum Gasteiger partial charge on any atom is -0.340 e. The van der Waals surface area contributed by atoms with E-state index in [1.165, 1.54) is 19.2 Å². The summed E-state index contributed by atoms with van der Waals surface area (Å²) >= 11 is 3.18. The van der Waals surface area contributed by atoms with Gasteiger partial charge in [0, 0.05) is 11.5 Å². The van der Waals surface area contributed by atoms with Gasteiger partial charge in [-0.05, 0) is 24.3 Å². The molecule has 0 heterocycles. The Hall–Kier alpha value is -1.08. The van der Waals surface area contributed by atoms with Gasteiger partial charge >= 0.3 is 6.03 Å². The Morgan fingerprint density at radius 1 is 1.27 bits per heavy atom. The lowest BCUT2D eigenvalue weighted by Crippen LogP contribution is -2.37. The maximum Gasteiger partial charge on any atom is 0.328 e. The third-order valence-electron chi connectivity index (χ3n) is 1.58. The number of halogens is 1. The molecule has 1 rings (SSSR count). The quantitative estimate of drug-likeness (QED) is 0.856. The van der Waals surface area contributed by atoms with Crippen molar-refractivity contribution in [2.45, 2.75) is 4.90 Å². The number of carbonyl (C=O) groups is 1. The second kappa shape index (κ2) is 4.63. The van der Waals surface area contributed by atoms with Gasteiger partial charge in [-0.15, -0.1) is 0 Å². The Bertz CT molecular complexity index is 455. The van der Waals surface area contributed by atoms with Gasteiger partial charge < -0.3 is 5.32 Å². The third kappa shape index (κ3) is 3.21. The van der Waals surface area contributed by atoms with Crippen LogP contribution in [0.4, 0.5) is 4.79 Å². The van der Waals surface area contributed by atoms with E-state index in [0.29, 0.717) is 0 Å². The van der Waals surface area contributed by atoms with Gasteiger partial charge in [0.15, 0.2) is 0 Å². The summed E-state index contributed by atoms with van der Waals surface area (Å²) in [5, 5.41) is 2.16. The van der Waals surface area contributed by atoms with Gasteiger partial charge in [0.1, 0.15) is 0 Å². The zero-order valence-corrected chi connectivity index (χ0v) is 10.2. The minimum atomic E-state index is -3.77. The molecule has 0 fully saturated rings. The molecule has 0 atom stereocenters. The molecule has 0 aliphatic rings. The first-order chi connectivity index (χ1) is 6.95. The largest absolute Gasteiger partial charge is 0.340 e. The fourth-order valence-electron chi connectivity index (χ4n) is 0.846. The van der Waals surface area contributed by atoms with Crippen molar-refractivity contribution in [3.63, 3.8) is 0 Å². The van der Waals surface area contributed by atoms with Crippen molar-refractivity contribution in [3.8, 4) is 0 Å². The standard InChI is InChI=1S/C8H9BrN2O3S/c1-10-8(12)11-15(13,14)7-4-2-6(9)3-5-7/h2-5H,1H3,(H2,10,11,12). The molecule has 2 amide bonds. The van der Waals surface area contributed by atoms with Gasteiger partial charge in [0.05, 0.1) is 4.90 Å². The van der Waals surface area contributed by atoms with Crippen LogP contribution in [-0.2, 0) is 10.0 Å². The van der Waals surface area contributed by atoms with Gasteiger partial charge in [-0.2, -0.15) is 0 Å². The number of benzene rings is 1. The van der Waals surface area contributed by atoms with Crippen molar-refractivity contribution < 1.29 is 13.2 Å². The Morgan fingerprint density at radius 3 is 2.27 bits per heavy atom. The van der Waals surface area contributed by atoms with Gasteiger partial charge in [-0.25, -0.2) is 17.9 Å². The molecule has 0 saturated carbocycles. The van der Waals surface area contributed by atoms with Crippen LogP contribution in [0, 0.1) is 0 Å². The zero-order chi connectivity index (χ0) is 11.5. The Kier molecular flexibility index (Phi) is 3.70. The van der Waals surface area contributed by atoms with Crippen molar-refractivity contribution in [2.24, 2.45) is 0 Å². The Balaban J connectivity index is 2.96. The average Bonchev–Trinajstić information content (AvgIpc) is 2.17. The van der Waals surface area contributed by atoms with Crippen LogP contribution in [0.2, 0.25) is 0 Å². The molecule has 0 bridgehead atoms. The summed E-state index contributed by atoms with van der Waals surface area (Å²) in [6.07, 6.45) is 0. The van der Waals surface area contributed by atoms with Crippen molar-refractivity contribution in [1.29, 1.82) is 0 Å². The molecule has 7 heteroatoms. The van der Waals surface area contributed by atoms with E-state index in [1.54, 1.807) is 12.1 Å². The minimum absolute atomic E-state index is 0.0364. The third-order valence-corrected chi connectivity index (χ3v) is 3.45. The molecule has 0 unspecified atom stereocenters. The summed E-state index contributed by atoms with van der Waals surface area (Å²) in [4.78, 5) is 10.9. The van der Waals surface area contributed by atoms with Gasteiger partial charge in [0.2, 0.25) is 0 Å². The highest BCUT2D eigenvalue weighted by atomic mass is 79.9. The maximum atomic E-state index is 11.5. The van der Waals surface area contributed by atoms with E-state index >= 15 is 0 Å². The summed E-state index contributed by atoms with van der Waals surface area (Å²) in [5.74, 6) is 0. The summed E-state index contributed by atoms with van der Waals surface area (Å²) in [6.45, 7) is 0. The SMILES string of the molecule is CNC(=O)NS(=O)(=O)c1ccc(Br)cc1. The van der Waals surface area contributed by atoms with Crippen LogP contribution in [-0.4, -0.2) is 21.5 Å². The maximum absolute atomic E-state index is 11.5. The van der Waals surface area contributed by atoms with Crippen LogP contribution in [0.15, 0.2) is 33.6 Å². The van der Waals surface area contributed by atoms with Gasteiger partial charge in [-0.3, -0.25) is 0 Å². The number of urea groups is 1. The first-order valence-corrected chi connectivity index (χ1v) is 6.23. The van der Waals surface area contributed by atoms with Crippen molar-refractivity contribution in [1.82, 2.24) is 10.0 Å². The summed E-state index contributed by atoms with van der Waals surface area (Å²) in [7, 11) is -2.43. The lowest BCUT2D eigenvalue weighted by molar-refractivity contribution is 0.248. The molecule has 82 valence electrons. The Labute approximate surface area is 96.1 Å². The van der Waals surface area contributed by atoms with Crippen LogP contribution < -0.4 is 10.0 Å². The van der Waals surface area contributed by atoms with E-state index in [2.05, 4.69) is 21.2 Å². The summed E-state index contributed by atoms with van der Waals surface area (Å²) in [6, 6.07) is 5.19. The van der Waals surface area contributed by atoms with Gasteiger partial charge in [-0.1, -0.05) is 15.9 Å². The predicted octanol–water partition coefficient (Wildman–Crippen LogP) is 1.07. The monoisotopic (exact) mass is 292 g/mol. The van der Waals surface area contributed by atoms with Crippen molar-refractivity contribution >= 4 is 32.0 Å². The van der Waals surface area contributed by atoms with Gasteiger partial charge in [0.25, 0.3) is 10.0 Å². The zero-order valence-electron chi connectivity index (χ0n) is 7.82. The van der Waals surface area contributed by atoms with Crippen molar-refractivity contribution in [3.05, 3.63) is 28.7 Å². The lowest BCUT2D eigenvalue weighted by Gasteiger charge is -2.05. The van der Waals surface area contributed by atoms with Crippen LogP contribution >= 0.6 is 15.9 Å². The fourth-order valence-corrected chi connectivity index (χ4v) is 2.07. The normalized spacial score (nSPS) is 10.8. The van der Waals surface area contributed by atoms with Crippen LogP contribution in [0.25, 0.3) is 0 Å². The lowest BCUT2D eigenvalue weighted by atomic mass is 10.4. The molecule has 0 spiro atoms. The highest BCUT2D eigenvalue weighted by Crippen LogP contribution is 2.14. The molecule has 2 N–H and O–H groups in total. The Morgan fingerprint density at radius 2 is 1.80 bits per heavy atom. The van der Waals surface area contributed by atoms with Crippen molar-refractivity contribution in [2.75, 3.05) is 7.05 Å². The molecule has 0 aliphatic carbocycles. The molecular weight excluding hydrogens is 284 g/mol. The predicted molar refractivity (Wildman–Crippen MR) is 58.9 cm³/mol. The highest BCUT2D eigenvalue weighted by molar-refractivity contribution is 9.10. The molecular formula is C8H9BrN2O3S. The van der Waals surface area contributed by atoms with Crippen LogP contribution in [0.1, 0.15) is 0 Å². The van der Waals surface area contributed by atoms with E-state index in [9.17, 15) is 13.2 Å². The van der Waals surface area contributed by atoms with E-state index in [0.717, 1.165) is 4.47 Å². The van der Waals surface area contributed by atoms with E-state index in [4.69, 9.17) is 0 Å². The second-order valence-corrected chi connectivity index (χ2v) is 5.24. The number of carbonyl (C=O) groups excluding carboxylic acids is 1. The number of hydrogen-bond donors (Lipinski definition) is 2. The first kappa shape index (κ1) is 12.0. The smallest absolute Gasteiger partial charge is 0.328 e. The van der Waals surface area contributed by atoms with E-state index in [1.807, 2.05) is 4.72 Å². The molecule has 15 heavy (non-hydrogen) atoms. The summed E-state index contributed by atoms with van der Waals surface area (Å²) in [5.41, 5.74) is 0. The highest BCUT2D eigenvalue weighted by Gasteiger charge is 2.15. The number of hydrogen-bond acceptors (Lipinski definition) is 3. The fraction of sp³-hybridized carbons (Fsp3) is 0.125. The average molecular weight is 293 g/mol. The molecule has 1 aromatic carbocycles. The molecule has 0 saturated heterocycles. The molecule has 5 nitrogen and oxygen atoms in total. The molecule has 0 aliphatic heterocycles. The van der Waals surface area contributed by atoms with Crippen LogP contribution in [0.3, 0.4) is 0 Å².